The van der Waals surface area contributed by atoms with Crippen molar-refractivity contribution < 1.29 is 0 Å². The summed E-state index contributed by atoms with van der Waals surface area (Å²) in [7, 11) is 3.90. The van der Waals surface area contributed by atoms with E-state index in [2.05, 4.69) is 70.7 Å². The number of halogens is 1. The number of aromatic nitrogens is 1. The molecule has 0 spiro atoms. The maximum Gasteiger partial charge on any atom is 0.191 e. The van der Waals surface area contributed by atoms with Crippen LogP contribution in [-0.4, -0.2) is 37.6 Å². The number of nitrogens with zero attached hydrogens (tertiary/aromatic N) is 3. The SMILES string of the molecule is CCc1cnc(CNC(=NC)NCC(C)N(C)c2ccccc2)s1.I. The summed E-state index contributed by atoms with van der Waals surface area (Å²) in [6.45, 7) is 5.86. The molecule has 0 saturated heterocycles. The van der Waals surface area contributed by atoms with E-state index in [0.717, 1.165) is 23.9 Å². The minimum atomic E-state index is 0. The molecule has 0 aliphatic rings. The summed E-state index contributed by atoms with van der Waals surface area (Å²) in [5.41, 5.74) is 1.21. The second kappa shape index (κ2) is 11.3. The predicted octanol–water partition coefficient (Wildman–Crippen LogP) is 3.51. The number of nitrogens with one attached hydrogen (secondary N) is 2. The second-order valence-corrected chi connectivity index (χ2v) is 6.88. The van der Waals surface area contributed by atoms with Crippen LogP contribution in [0.2, 0.25) is 0 Å². The van der Waals surface area contributed by atoms with Crippen molar-refractivity contribution in [2.75, 3.05) is 25.5 Å². The van der Waals surface area contributed by atoms with Crippen LogP contribution in [0.1, 0.15) is 23.7 Å². The lowest BCUT2D eigenvalue weighted by molar-refractivity contribution is 0.648. The number of hydrogen-bond acceptors (Lipinski definition) is 4. The molecular weight excluding hydrogens is 445 g/mol. The first-order chi connectivity index (χ1) is 11.6. The molecule has 0 amide bonds. The average molecular weight is 473 g/mol. The molecule has 5 nitrogen and oxygen atoms in total. The van der Waals surface area contributed by atoms with Gasteiger partial charge in [-0.2, -0.15) is 0 Å². The van der Waals surface area contributed by atoms with Gasteiger partial charge in [0.2, 0.25) is 0 Å². The Morgan fingerprint density at radius 3 is 2.60 bits per heavy atom. The van der Waals surface area contributed by atoms with E-state index in [1.54, 1.807) is 18.4 Å². The molecule has 1 heterocycles. The third kappa shape index (κ3) is 6.81. The van der Waals surface area contributed by atoms with Crippen molar-refractivity contribution in [3.8, 4) is 0 Å². The highest BCUT2D eigenvalue weighted by molar-refractivity contribution is 14.0. The van der Waals surface area contributed by atoms with E-state index < -0.39 is 0 Å². The molecule has 1 unspecified atom stereocenters. The van der Waals surface area contributed by atoms with E-state index in [-0.39, 0.29) is 24.0 Å². The molecule has 2 N–H and O–H groups in total. The number of thiazole rings is 1. The first-order valence-corrected chi connectivity index (χ1v) is 9.11. The van der Waals surface area contributed by atoms with Gasteiger partial charge < -0.3 is 15.5 Å². The van der Waals surface area contributed by atoms with Crippen LogP contribution in [0.25, 0.3) is 0 Å². The van der Waals surface area contributed by atoms with E-state index >= 15 is 0 Å². The standard InChI is InChI=1S/C18H27N5S.HI/c1-5-16-12-20-17(24-16)13-22-18(19-3)21-11-14(2)23(4)15-9-7-6-8-10-15;/h6-10,12,14H,5,11,13H2,1-4H3,(H2,19,21,22);1H. The van der Waals surface area contributed by atoms with Gasteiger partial charge in [-0.3, -0.25) is 4.99 Å². The molecule has 2 rings (SSSR count). The van der Waals surface area contributed by atoms with Gasteiger partial charge in [0.1, 0.15) is 5.01 Å². The first kappa shape index (κ1) is 21.7. The number of benzene rings is 1. The number of aryl methyl sites for hydroxylation is 1. The van der Waals surface area contributed by atoms with Crippen molar-refractivity contribution in [3.05, 3.63) is 46.4 Å². The Morgan fingerprint density at radius 2 is 2.00 bits per heavy atom. The van der Waals surface area contributed by atoms with Crippen molar-refractivity contribution in [2.24, 2.45) is 4.99 Å². The van der Waals surface area contributed by atoms with Crippen molar-refractivity contribution >= 4 is 47.0 Å². The molecule has 2 aromatic rings. The maximum absolute atomic E-state index is 4.42. The number of aliphatic imine (C=N–C) groups is 1. The Bertz CT molecular complexity index is 644. The molecule has 0 fully saturated rings. The topological polar surface area (TPSA) is 52.6 Å². The Kier molecular flexibility index (Phi) is 9.81. The lowest BCUT2D eigenvalue weighted by Gasteiger charge is -2.27. The zero-order valence-corrected chi connectivity index (χ0v) is 18.5. The summed E-state index contributed by atoms with van der Waals surface area (Å²) < 4.78 is 0. The van der Waals surface area contributed by atoms with Crippen LogP contribution in [0.15, 0.2) is 41.5 Å². The smallest absolute Gasteiger partial charge is 0.191 e. The molecule has 25 heavy (non-hydrogen) atoms. The van der Waals surface area contributed by atoms with Gasteiger partial charge in [0.05, 0.1) is 6.54 Å². The molecule has 0 aliphatic carbocycles. The zero-order chi connectivity index (χ0) is 17.4. The largest absolute Gasteiger partial charge is 0.370 e. The summed E-state index contributed by atoms with van der Waals surface area (Å²) in [5.74, 6) is 0.802. The van der Waals surface area contributed by atoms with Crippen molar-refractivity contribution in [3.63, 3.8) is 0 Å². The second-order valence-electron chi connectivity index (χ2n) is 5.68. The fourth-order valence-electron chi connectivity index (χ4n) is 2.27. The Balaban J connectivity index is 0.00000312. The van der Waals surface area contributed by atoms with E-state index in [0.29, 0.717) is 12.6 Å². The zero-order valence-electron chi connectivity index (χ0n) is 15.3. The van der Waals surface area contributed by atoms with E-state index in [1.165, 1.54) is 10.6 Å². The molecule has 1 aromatic heterocycles. The molecule has 1 aromatic carbocycles. The lowest BCUT2D eigenvalue weighted by Crippen LogP contribution is -2.44. The van der Waals surface area contributed by atoms with Gasteiger partial charge in [0, 0.05) is 43.4 Å². The van der Waals surface area contributed by atoms with Crippen LogP contribution in [0, 0.1) is 0 Å². The minimum absolute atomic E-state index is 0. The number of likely N-dealkylation sites (N-methyl/N-ethyl adjacent to an activating group) is 1. The van der Waals surface area contributed by atoms with Crippen LogP contribution >= 0.6 is 35.3 Å². The fraction of sp³-hybridized carbons (Fsp3) is 0.444. The Labute approximate surface area is 172 Å². The van der Waals surface area contributed by atoms with Crippen molar-refractivity contribution in [2.45, 2.75) is 32.9 Å². The normalized spacial score (nSPS) is 12.2. The van der Waals surface area contributed by atoms with Gasteiger partial charge in [0.25, 0.3) is 0 Å². The predicted molar refractivity (Wildman–Crippen MR) is 119 cm³/mol. The van der Waals surface area contributed by atoms with Crippen molar-refractivity contribution in [1.29, 1.82) is 0 Å². The summed E-state index contributed by atoms with van der Waals surface area (Å²) in [6.07, 6.45) is 2.99. The van der Waals surface area contributed by atoms with Crippen LogP contribution in [-0.2, 0) is 13.0 Å². The number of anilines is 1. The number of para-hydroxylation sites is 1. The summed E-state index contributed by atoms with van der Waals surface area (Å²) in [5, 5.41) is 7.80. The quantitative estimate of drug-likeness (QED) is 0.367. The van der Waals surface area contributed by atoms with E-state index in [9.17, 15) is 0 Å². The monoisotopic (exact) mass is 473 g/mol. The highest BCUT2D eigenvalue weighted by Crippen LogP contribution is 2.14. The van der Waals surface area contributed by atoms with Crippen LogP contribution in [0.4, 0.5) is 5.69 Å². The molecule has 0 bridgehead atoms. The molecule has 138 valence electrons. The third-order valence-electron chi connectivity index (χ3n) is 3.97. The summed E-state index contributed by atoms with van der Waals surface area (Å²) >= 11 is 1.75. The molecular formula is C18H28IN5S. The Hall–Kier alpha value is -1.35. The summed E-state index contributed by atoms with van der Waals surface area (Å²) in [4.78, 5) is 12.3. The molecule has 0 radical (unpaired) electrons. The van der Waals surface area contributed by atoms with Crippen LogP contribution < -0.4 is 15.5 Å². The number of rotatable bonds is 7. The van der Waals surface area contributed by atoms with Gasteiger partial charge in [-0.05, 0) is 25.5 Å². The number of guanidine groups is 1. The first-order valence-electron chi connectivity index (χ1n) is 8.30. The van der Waals surface area contributed by atoms with E-state index in [4.69, 9.17) is 0 Å². The van der Waals surface area contributed by atoms with Gasteiger partial charge in [0.15, 0.2) is 5.96 Å². The van der Waals surface area contributed by atoms with Gasteiger partial charge >= 0.3 is 0 Å². The van der Waals surface area contributed by atoms with Gasteiger partial charge in [-0.25, -0.2) is 4.98 Å². The van der Waals surface area contributed by atoms with E-state index in [1.807, 2.05) is 12.3 Å². The Morgan fingerprint density at radius 1 is 1.28 bits per heavy atom. The number of hydrogen-bond donors (Lipinski definition) is 2. The third-order valence-corrected chi connectivity index (χ3v) is 5.11. The van der Waals surface area contributed by atoms with Gasteiger partial charge in [-0.15, -0.1) is 35.3 Å². The molecule has 1 atom stereocenters. The minimum Gasteiger partial charge on any atom is -0.370 e. The fourth-order valence-corrected chi connectivity index (χ4v) is 3.07. The molecule has 0 saturated carbocycles. The van der Waals surface area contributed by atoms with Gasteiger partial charge in [-0.1, -0.05) is 25.1 Å². The summed E-state index contributed by atoms with van der Waals surface area (Å²) in [6, 6.07) is 10.7. The molecule has 7 heteroatoms. The average Bonchev–Trinajstić information content (AvgIpc) is 3.09. The van der Waals surface area contributed by atoms with Crippen molar-refractivity contribution in [1.82, 2.24) is 15.6 Å². The maximum atomic E-state index is 4.42. The van der Waals surface area contributed by atoms with Crippen LogP contribution in [0.3, 0.4) is 0 Å². The van der Waals surface area contributed by atoms with Crippen LogP contribution in [0.5, 0.6) is 0 Å². The molecule has 0 aliphatic heterocycles. The highest BCUT2D eigenvalue weighted by atomic mass is 127. The highest BCUT2D eigenvalue weighted by Gasteiger charge is 2.10. The lowest BCUT2D eigenvalue weighted by atomic mass is 10.2.